The Hall–Kier alpha value is -0.280. The van der Waals surface area contributed by atoms with E-state index in [1.54, 1.807) is 0 Å². The molecule has 4 bridgehead atoms. The van der Waals surface area contributed by atoms with Gasteiger partial charge in [0.15, 0.2) is 0 Å². The number of halogens is 1. The zero-order chi connectivity index (χ0) is 15.4. The SMILES string of the molecule is CC12CC3CC(C)(C1)CC(C(=O)NCCC1CCNC1)(C3)C2.Cl. The van der Waals surface area contributed by atoms with E-state index in [1.165, 1.54) is 25.7 Å². The topological polar surface area (TPSA) is 41.1 Å². The normalized spacial score (nSPS) is 47.4. The Morgan fingerprint density at radius 1 is 1.13 bits per heavy atom. The van der Waals surface area contributed by atoms with Gasteiger partial charge in [0, 0.05) is 6.54 Å². The van der Waals surface area contributed by atoms with Crippen molar-refractivity contribution < 1.29 is 4.79 Å². The van der Waals surface area contributed by atoms with E-state index >= 15 is 0 Å². The lowest BCUT2D eigenvalue weighted by atomic mass is 9.40. The van der Waals surface area contributed by atoms with Crippen molar-refractivity contribution in [3.05, 3.63) is 0 Å². The van der Waals surface area contributed by atoms with Gasteiger partial charge < -0.3 is 10.6 Å². The largest absolute Gasteiger partial charge is 0.356 e. The molecule has 4 saturated carbocycles. The van der Waals surface area contributed by atoms with E-state index < -0.39 is 0 Å². The van der Waals surface area contributed by atoms with E-state index in [1.807, 2.05) is 0 Å². The Morgan fingerprint density at radius 3 is 2.39 bits per heavy atom. The predicted octanol–water partition coefficient (Wildman–Crippen LogP) is 3.52. The van der Waals surface area contributed by atoms with Gasteiger partial charge in [0.25, 0.3) is 0 Å². The first kappa shape index (κ1) is 17.5. The highest BCUT2D eigenvalue weighted by Gasteiger charge is 2.62. The Morgan fingerprint density at radius 2 is 1.83 bits per heavy atom. The summed E-state index contributed by atoms with van der Waals surface area (Å²) in [4.78, 5) is 13.0. The molecule has 4 aliphatic carbocycles. The molecule has 1 heterocycles. The first-order chi connectivity index (χ1) is 10.4. The van der Waals surface area contributed by atoms with Crippen LogP contribution in [0.2, 0.25) is 0 Å². The smallest absolute Gasteiger partial charge is 0.226 e. The molecule has 1 amide bonds. The molecule has 3 nitrogen and oxygen atoms in total. The molecule has 5 fully saturated rings. The van der Waals surface area contributed by atoms with Crippen molar-refractivity contribution in [3.8, 4) is 0 Å². The van der Waals surface area contributed by atoms with Crippen LogP contribution in [0.4, 0.5) is 0 Å². The number of amides is 1. The molecule has 4 heteroatoms. The first-order valence-electron chi connectivity index (χ1n) is 9.40. The van der Waals surface area contributed by atoms with Crippen molar-refractivity contribution in [2.45, 2.75) is 65.2 Å². The molecule has 1 saturated heterocycles. The molecule has 0 aromatic heterocycles. The zero-order valence-electron chi connectivity index (χ0n) is 14.7. The highest BCUT2D eigenvalue weighted by molar-refractivity contribution is 5.85. The lowest BCUT2D eigenvalue weighted by Gasteiger charge is -2.64. The van der Waals surface area contributed by atoms with Crippen LogP contribution in [0.25, 0.3) is 0 Å². The number of hydrogen-bond donors (Lipinski definition) is 2. The molecule has 0 aromatic carbocycles. The Balaban J connectivity index is 0.00000156. The average Bonchev–Trinajstić information content (AvgIpc) is 2.87. The van der Waals surface area contributed by atoms with Crippen LogP contribution in [0, 0.1) is 28.1 Å². The van der Waals surface area contributed by atoms with Crippen molar-refractivity contribution in [3.63, 3.8) is 0 Å². The van der Waals surface area contributed by atoms with E-state index in [9.17, 15) is 4.79 Å². The van der Waals surface area contributed by atoms with Gasteiger partial charge in [-0.3, -0.25) is 4.79 Å². The lowest BCUT2D eigenvalue weighted by molar-refractivity contribution is -0.170. The third-order valence-corrected chi connectivity index (χ3v) is 7.11. The van der Waals surface area contributed by atoms with Gasteiger partial charge in [-0.15, -0.1) is 12.4 Å². The van der Waals surface area contributed by atoms with Gasteiger partial charge in [0.05, 0.1) is 5.41 Å². The molecule has 0 aromatic rings. The highest BCUT2D eigenvalue weighted by atomic mass is 35.5. The minimum atomic E-state index is -0.0309. The second-order valence-electron chi connectivity index (χ2n) is 9.81. The number of carbonyl (C=O) groups is 1. The lowest BCUT2D eigenvalue weighted by Crippen LogP contribution is -2.60. The van der Waals surface area contributed by atoms with E-state index in [-0.39, 0.29) is 17.8 Å². The fourth-order valence-electron chi connectivity index (χ4n) is 7.24. The average molecular weight is 341 g/mol. The molecule has 5 aliphatic rings. The highest BCUT2D eigenvalue weighted by Crippen LogP contribution is 2.69. The van der Waals surface area contributed by atoms with E-state index in [4.69, 9.17) is 0 Å². The van der Waals surface area contributed by atoms with Crippen molar-refractivity contribution in [2.75, 3.05) is 19.6 Å². The van der Waals surface area contributed by atoms with Crippen LogP contribution in [0.5, 0.6) is 0 Å². The number of nitrogens with one attached hydrogen (secondary N) is 2. The molecule has 23 heavy (non-hydrogen) atoms. The van der Waals surface area contributed by atoms with Crippen LogP contribution in [-0.2, 0) is 4.79 Å². The van der Waals surface area contributed by atoms with Crippen LogP contribution in [0.15, 0.2) is 0 Å². The third kappa shape index (κ3) is 3.16. The van der Waals surface area contributed by atoms with Crippen molar-refractivity contribution >= 4 is 18.3 Å². The van der Waals surface area contributed by atoms with Crippen molar-refractivity contribution in [2.24, 2.45) is 28.1 Å². The van der Waals surface area contributed by atoms with E-state index in [0.717, 1.165) is 57.2 Å². The summed E-state index contributed by atoms with van der Waals surface area (Å²) in [6.07, 6.45) is 9.95. The van der Waals surface area contributed by atoms with Crippen molar-refractivity contribution in [1.82, 2.24) is 10.6 Å². The fraction of sp³-hybridized carbons (Fsp3) is 0.947. The summed E-state index contributed by atoms with van der Waals surface area (Å²) >= 11 is 0. The fourth-order valence-corrected chi connectivity index (χ4v) is 7.24. The molecular formula is C19H33ClN2O. The van der Waals surface area contributed by atoms with Crippen LogP contribution in [-0.4, -0.2) is 25.5 Å². The molecule has 1 aliphatic heterocycles. The maximum atomic E-state index is 13.0. The second-order valence-corrected chi connectivity index (χ2v) is 9.81. The molecule has 0 spiro atoms. The minimum Gasteiger partial charge on any atom is -0.356 e. The summed E-state index contributed by atoms with van der Waals surface area (Å²) in [5, 5.41) is 6.75. The summed E-state index contributed by atoms with van der Waals surface area (Å²) < 4.78 is 0. The maximum Gasteiger partial charge on any atom is 0.226 e. The standard InChI is InChI=1S/C19H32N2O.ClH/c1-17-7-15-8-18(2,11-17)13-19(9-15,12-17)16(22)21-6-4-14-3-5-20-10-14;/h14-15,20H,3-13H2,1-2H3,(H,21,22);1H. The predicted molar refractivity (Wildman–Crippen MR) is 95.7 cm³/mol. The van der Waals surface area contributed by atoms with Gasteiger partial charge in [-0.1, -0.05) is 13.8 Å². The zero-order valence-corrected chi connectivity index (χ0v) is 15.6. The quantitative estimate of drug-likeness (QED) is 0.822. The minimum absolute atomic E-state index is 0. The molecule has 3 atom stereocenters. The maximum absolute atomic E-state index is 13.0. The van der Waals surface area contributed by atoms with Gasteiger partial charge in [-0.25, -0.2) is 0 Å². The number of hydrogen-bond acceptors (Lipinski definition) is 2. The van der Waals surface area contributed by atoms with Crippen LogP contribution in [0.1, 0.15) is 65.2 Å². The Kier molecular flexibility index (Phi) is 4.51. The Labute approximate surface area is 147 Å². The molecule has 3 unspecified atom stereocenters. The second kappa shape index (κ2) is 5.91. The van der Waals surface area contributed by atoms with Crippen LogP contribution >= 0.6 is 12.4 Å². The van der Waals surface area contributed by atoms with Gasteiger partial charge in [0.2, 0.25) is 5.91 Å². The van der Waals surface area contributed by atoms with Gasteiger partial charge in [-0.05, 0) is 87.1 Å². The van der Waals surface area contributed by atoms with E-state index in [0.29, 0.717) is 16.7 Å². The molecule has 5 rings (SSSR count). The van der Waals surface area contributed by atoms with Gasteiger partial charge in [0.1, 0.15) is 0 Å². The molecule has 132 valence electrons. The van der Waals surface area contributed by atoms with Crippen LogP contribution < -0.4 is 10.6 Å². The third-order valence-electron chi connectivity index (χ3n) is 7.11. The van der Waals surface area contributed by atoms with Crippen LogP contribution in [0.3, 0.4) is 0 Å². The van der Waals surface area contributed by atoms with E-state index in [2.05, 4.69) is 24.5 Å². The molecular weight excluding hydrogens is 308 g/mol. The summed E-state index contributed by atoms with van der Waals surface area (Å²) in [5.74, 6) is 1.96. The summed E-state index contributed by atoms with van der Waals surface area (Å²) in [6, 6.07) is 0. The van der Waals surface area contributed by atoms with Gasteiger partial charge in [-0.2, -0.15) is 0 Å². The first-order valence-corrected chi connectivity index (χ1v) is 9.40. The number of carbonyl (C=O) groups excluding carboxylic acids is 1. The van der Waals surface area contributed by atoms with Crippen molar-refractivity contribution in [1.29, 1.82) is 0 Å². The number of rotatable bonds is 4. The molecule has 0 radical (unpaired) electrons. The summed E-state index contributed by atoms with van der Waals surface area (Å²) in [5.41, 5.74) is 0.832. The van der Waals surface area contributed by atoms with Gasteiger partial charge >= 0.3 is 0 Å². The summed E-state index contributed by atoms with van der Waals surface area (Å²) in [7, 11) is 0. The summed E-state index contributed by atoms with van der Waals surface area (Å²) in [6.45, 7) is 8.06. The monoisotopic (exact) mass is 340 g/mol. The molecule has 2 N–H and O–H groups in total. The Bertz CT molecular complexity index is 456.